The summed E-state index contributed by atoms with van der Waals surface area (Å²) in [5.74, 6) is 0.941. The highest BCUT2D eigenvalue weighted by Crippen LogP contribution is 2.25. The number of rotatable bonds is 6. The summed E-state index contributed by atoms with van der Waals surface area (Å²) in [4.78, 5) is 0. The fourth-order valence-corrected chi connectivity index (χ4v) is 2.03. The van der Waals surface area contributed by atoms with Crippen molar-refractivity contribution in [3.63, 3.8) is 0 Å². The molecule has 1 rings (SSSR count). The van der Waals surface area contributed by atoms with E-state index in [0.29, 0.717) is 6.04 Å². The first-order valence-electron chi connectivity index (χ1n) is 6.15. The second kappa shape index (κ2) is 6.62. The molecule has 0 aliphatic carbocycles. The molecule has 0 heterocycles. The predicted octanol–water partition coefficient (Wildman–Crippen LogP) is 2.39. The SMILES string of the molecule is CNC(CCC(C)N)c1ccc(OC)c(C)c1. The van der Waals surface area contributed by atoms with E-state index < -0.39 is 0 Å². The van der Waals surface area contributed by atoms with Crippen molar-refractivity contribution in [3.05, 3.63) is 29.3 Å². The van der Waals surface area contributed by atoms with Gasteiger partial charge >= 0.3 is 0 Å². The third kappa shape index (κ3) is 4.02. The van der Waals surface area contributed by atoms with Gasteiger partial charge in [-0.15, -0.1) is 0 Å². The van der Waals surface area contributed by atoms with E-state index >= 15 is 0 Å². The van der Waals surface area contributed by atoms with E-state index in [1.165, 1.54) is 11.1 Å². The van der Waals surface area contributed by atoms with Crippen LogP contribution in [0.2, 0.25) is 0 Å². The molecule has 3 nitrogen and oxygen atoms in total. The second-order valence-electron chi connectivity index (χ2n) is 4.62. The van der Waals surface area contributed by atoms with Crippen molar-refractivity contribution >= 4 is 0 Å². The number of ether oxygens (including phenoxy) is 1. The average Bonchev–Trinajstić information content (AvgIpc) is 2.29. The lowest BCUT2D eigenvalue weighted by atomic mass is 9.98. The normalized spacial score (nSPS) is 14.4. The number of hydrogen-bond donors (Lipinski definition) is 2. The summed E-state index contributed by atoms with van der Waals surface area (Å²) in [7, 11) is 3.69. The molecular weight excluding hydrogens is 212 g/mol. The molecule has 0 bridgehead atoms. The molecular formula is C14H24N2O. The van der Waals surface area contributed by atoms with Gasteiger partial charge in [-0.05, 0) is 50.9 Å². The van der Waals surface area contributed by atoms with Gasteiger partial charge in [0.1, 0.15) is 5.75 Å². The summed E-state index contributed by atoms with van der Waals surface area (Å²) in [5, 5.41) is 3.34. The summed E-state index contributed by atoms with van der Waals surface area (Å²) in [5.41, 5.74) is 8.27. The molecule has 3 N–H and O–H groups in total. The minimum Gasteiger partial charge on any atom is -0.496 e. The number of benzene rings is 1. The van der Waals surface area contributed by atoms with Gasteiger partial charge < -0.3 is 15.8 Å². The van der Waals surface area contributed by atoms with Crippen LogP contribution in [0.15, 0.2) is 18.2 Å². The highest BCUT2D eigenvalue weighted by atomic mass is 16.5. The summed E-state index contributed by atoms with van der Waals surface area (Å²) >= 11 is 0. The molecule has 0 aliphatic heterocycles. The molecule has 1 aromatic carbocycles. The fraction of sp³-hybridized carbons (Fsp3) is 0.571. The molecule has 0 radical (unpaired) electrons. The van der Waals surface area contributed by atoms with Crippen LogP contribution in [0, 0.1) is 6.92 Å². The van der Waals surface area contributed by atoms with E-state index in [1.54, 1.807) is 7.11 Å². The van der Waals surface area contributed by atoms with Gasteiger partial charge in [0, 0.05) is 12.1 Å². The molecule has 0 saturated heterocycles. The maximum atomic E-state index is 5.80. The summed E-state index contributed by atoms with van der Waals surface area (Å²) in [6.07, 6.45) is 2.08. The topological polar surface area (TPSA) is 47.3 Å². The van der Waals surface area contributed by atoms with E-state index in [1.807, 2.05) is 20.0 Å². The van der Waals surface area contributed by atoms with Crippen LogP contribution in [-0.4, -0.2) is 20.2 Å². The van der Waals surface area contributed by atoms with Gasteiger partial charge in [-0.1, -0.05) is 12.1 Å². The van der Waals surface area contributed by atoms with Crippen LogP contribution >= 0.6 is 0 Å². The molecule has 0 spiro atoms. The molecule has 0 aromatic heterocycles. The number of aryl methyl sites for hydroxylation is 1. The Morgan fingerprint density at radius 2 is 2.06 bits per heavy atom. The summed E-state index contributed by atoms with van der Waals surface area (Å²) < 4.78 is 5.27. The number of nitrogens with one attached hydrogen (secondary N) is 1. The summed E-state index contributed by atoms with van der Waals surface area (Å²) in [6, 6.07) is 6.95. The van der Waals surface area contributed by atoms with E-state index in [9.17, 15) is 0 Å². The lowest BCUT2D eigenvalue weighted by Gasteiger charge is -2.19. The fourth-order valence-electron chi connectivity index (χ4n) is 2.03. The Bertz CT molecular complexity index is 350. The molecule has 2 atom stereocenters. The predicted molar refractivity (Wildman–Crippen MR) is 72.4 cm³/mol. The van der Waals surface area contributed by atoms with Crippen molar-refractivity contribution in [1.82, 2.24) is 5.32 Å². The molecule has 17 heavy (non-hydrogen) atoms. The standard InChI is InChI=1S/C14H24N2O/c1-10-9-12(6-8-14(10)17-4)13(16-3)7-5-11(2)15/h6,8-9,11,13,16H,5,7,15H2,1-4H3. The van der Waals surface area contributed by atoms with Crippen molar-refractivity contribution in [2.24, 2.45) is 5.73 Å². The minimum absolute atomic E-state index is 0.255. The van der Waals surface area contributed by atoms with E-state index in [2.05, 4.69) is 24.4 Å². The Labute approximate surface area is 104 Å². The van der Waals surface area contributed by atoms with Gasteiger partial charge in [0.2, 0.25) is 0 Å². The monoisotopic (exact) mass is 236 g/mol. The first kappa shape index (κ1) is 14.0. The third-order valence-corrected chi connectivity index (χ3v) is 3.08. The van der Waals surface area contributed by atoms with Crippen LogP contribution in [0.5, 0.6) is 5.75 Å². The van der Waals surface area contributed by atoms with Gasteiger partial charge in [0.15, 0.2) is 0 Å². The zero-order valence-corrected chi connectivity index (χ0v) is 11.3. The molecule has 2 unspecified atom stereocenters. The average molecular weight is 236 g/mol. The van der Waals surface area contributed by atoms with Crippen LogP contribution < -0.4 is 15.8 Å². The van der Waals surface area contributed by atoms with E-state index in [4.69, 9.17) is 10.5 Å². The van der Waals surface area contributed by atoms with Gasteiger partial charge in [-0.25, -0.2) is 0 Å². The Balaban J connectivity index is 2.78. The van der Waals surface area contributed by atoms with Gasteiger partial charge in [-0.2, -0.15) is 0 Å². The Morgan fingerprint density at radius 1 is 1.35 bits per heavy atom. The van der Waals surface area contributed by atoms with Crippen LogP contribution in [0.25, 0.3) is 0 Å². The van der Waals surface area contributed by atoms with Crippen LogP contribution in [-0.2, 0) is 0 Å². The zero-order chi connectivity index (χ0) is 12.8. The molecule has 3 heteroatoms. The number of methoxy groups -OCH3 is 1. The van der Waals surface area contributed by atoms with Crippen molar-refractivity contribution in [2.45, 2.75) is 38.8 Å². The molecule has 96 valence electrons. The first-order valence-corrected chi connectivity index (χ1v) is 6.15. The third-order valence-electron chi connectivity index (χ3n) is 3.08. The maximum Gasteiger partial charge on any atom is 0.121 e. The lowest BCUT2D eigenvalue weighted by Crippen LogP contribution is -2.21. The highest BCUT2D eigenvalue weighted by molar-refractivity contribution is 5.37. The first-order chi connectivity index (χ1) is 8.08. The molecule has 0 fully saturated rings. The molecule has 0 amide bonds. The Morgan fingerprint density at radius 3 is 2.53 bits per heavy atom. The van der Waals surface area contributed by atoms with Gasteiger partial charge in [0.25, 0.3) is 0 Å². The van der Waals surface area contributed by atoms with E-state index in [-0.39, 0.29) is 6.04 Å². The molecule has 1 aromatic rings. The molecule has 0 aliphatic rings. The van der Waals surface area contributed by atoms with Crippen molar-refractivity contribution in [2.75, 3.05) is 14.2 Å². The van der Waals surface area contributed by atoms with Gasteiger partial charge in [-0.3, -0.25) is 0 Å². The van der Waals surface area contributed by atoms with Crippen molar-refractivity contribution in [3.8, 4) is 5.75 Å². The van der Waals surface area contributed by atoms with Crippen molar-refractivity contribution < 1.29 is 4.74 Å². The maximum absolute atomic E-state index is 5.80. The quantitative estimate of drug-likeness (QED) is 0.797. The summed E-state index contributed by atoms with van der Waals surface area (Å²) in [6.45, 7) is 4.12. The second-order valence-corrected chi connectivity index (χ2v) is 4.62. The van der Waals surface area contributed by atoms with Gasteiger partial charge in [0.05, 0.1) is 7.11 Å². The highest BCUT2D eigenvalue weighted by Gasteiger charge is 2.11. The Kier molecular flexibility index (Phi) is 5.45. The van der Waals surface area contributed by atoms with Crippen LogP contribution in [0.3, 0.4) is 0 Å². The Hall–Kier alpha value is -1.06. The minimum atomic E-state index is 0.255. The lowest BCUT2D eigenvalue weighted by molar-refractivity contribution is 0.411. The zero-order valence-electron chi connectivity index (χ0n) is 11.3. The smallest absolute Gasteiger partial charge is 0.121 e. The molecule has 0 saturated carbocycles. The van der Waals surface area contributed by atoms with E-state index in [0.717, 1.165) is 18.6 Å². The number of nitrogens with two attached hydrogens (primary N) is 1. The largest absolute Gasteiger partial charge is 0.496 e. The van der Waals surface area contributed by atoms with Crippen LogP contribution in [0.4, 0.5) is 0 Å². The van der Waals surface area contributed by atoms with Crippen molar-refractivity contribution in [1.29, 1.82) is 0 Å². The number of hydrogen-bond acceptors (Lipinski definition) is 3. The van der Waals surface area contributed by atoms with Crippen LogP contribution in [0.1, 0.15) is 36.9 Å².